The van der Waals surface area contributed by atoms with Gasteiger partial charge in [0, 0.05) is 30.1 Å². The van der Waals surface area contributed by atoms with Crippen molar-refractivity contribution < 1.29 is 14.3 Å². The van der Waals surface area contributed by atoms with Crippen molar-refractivity contribution in [3.63, 3.8) is 0 Å². The zero-order valence-corrected chi connectivity index (χ0v) is 27.8. The van der Waals surface area contributed by atoms with E-state index >= 15 is 0 Å². The van der Waals surface area contributed by atoms with Crippen LogP contribution in [0.4, 0.5) is 0 Å². The van der Waals surface area contributed by atoms with E-state index in [0.717, 1.165) is 42.8 Å². The van der Waals surface area contributed by atoms with Crippen molar-refractivity contribution in [3.05, 3.63) is 58.3 Å². The Bertz CT molecular complexity index is 1240. The van der Waals surface area contributed by atoms with Crippen molar-refractivity contribution in [1.82, 2.24) is 25.3 Å². The fraction of sp³-hybridized carbons (Fsp3) is 0.618. The lowest BCUT2D eigenvalue weighted by molar-refractivity contribution is -0.145. The molecule has 4 atom stereocenters. The highest BCUT2D eigenvalue weighted by atomic mass is 32.1. The number of carbonyl (C=O) groups is 2. The molecular formula is C34H50N6O3S. The Balaban J connectivity index is 1.31. The number of piperidine rings is 1. The Kier molecular flexibility index (Phi) is 11.0. The summed E-state index contributed by atoms with van der Waals surface area (Å²) >= 11 is 1.61. The summed E-state index contributed by atoms with van der Waals surface area (Å²) in [6.45, 7) is 14.7. The van der Waals surface area contributed by atoms with E-state index in [9.17, 15) is 9.59 Å². The van der Waals surface area contributed by atoms with E-state index in [1.54, 1.807) is 11.3 Å². The highest BCUT2D eigenvalue weighted by molar-refractivity contribution is 7.09. The Morgan fingerprint density at radius 1 is 1.02 bits per heavy atom. The lowest BCUT2D eigenvalue weighted by Crippen LogP contribution is -2.64. The number of aliphatic imine (C=N–C) groups is 1. The summed E-state index contributed by atoms with van der Waals surface area (Å²) in [7, 11) is 0. The number of nitrogens with zero attached hydrogens (tertiary/aromatic N) is 4. The summed E-state index contributed by atoms with van der Waals surface area (Å²) in [6.07, 6.45) is 2.81. The van der Waals surface area contributed by atoms with E-state index in [4.69, 9.17) is 9.73 Å². The predicted octanol–water partition coefficient (Wildman–Crippen LogP) is 4.27. The number of rotatable bonds is 10. The molecule has 3 aliphatic heterocycles. The lowest BCUT2D eigenvalue weighted by Gasteiger charge is -2.43. The average molecular weight is 623 g/mol. The third-order valence-electron chi connectivity index (χ3n) is 9.15. The van der Waals surface area contributed by atoms with Gasteiger partial charge >= 0.3 is 0 Å². The first-order valence-electron chi connectivity index (χ1n) is 16.3. The molecule has 0 aliphatic carbocycles. The van der Waals surface area contributed by atoms with Crippen LogP contribution in [0.3, 0.4) is 0 Å². The van der Waals surface area contributed by atoms with Gasteiger partial charge in [0.15, 0.2) is 0 Å². The van der Waals surface area contributed by atoms with Crippen molar-refractivity contribution in [2.24, 2.45) is 10.9 Å². The molecule has 2 amide bonds. The van der Waals surface area contributed by atoms with Crippen LogP contribution >= 0.6 is 11.3 Å². The predicted molar refractivity (Wildman–Crippen MR) is 177 cm³/mol. The van der Waals surface area contributed by atoms with Crippen molar-refractivity contribution in [2.45, 2.75) is 96.7 Å². The van der Waals surface area contributed by atoms with Crippen LogP contribution in [-0.4, -0.2) is 95.5 Å². The molecule has 2 aromatic rings. The Labute approximate surface area is 267 Å². The van der Waals surface area contributed by atoms with Crippen molar-refractivity contribution in [1.29, 1.82) is 0 Å². The molecular weight excluding hydrogens is 572 g/mol. The van der Waals surface area contributed by atoms with E-state index in [1.807, 2.05) is 45.5 Å². The molecule has 2 fully saturated rings. The van der Waals surface area contributed by atoms with E-state index in [-0.39, 0.29) is 36.0 Å². The SMILES string of the molecule is CC(C)NC(CC1CCN(C(C)C)CC1)C(=O)N1CCN(C2=N[C@@H](C)[C@H](c3ccccc3)O2)C[C@H]1C(=O)NCc1cccs1. The molecule has 0 spiro atoms. The maximum Gasteiger partial charge on any atom is 0.288 e. The van der Waals surface area contributed by atoms with Gasteiger partial charge < -0.3 is 30.1 Å². The number of thiophene rings is 1. The van der Waals surface area contributed by atoms with Crippen LogP contribution in [0.5, 0.6) is 0 Å². The van der Waals surface area contributed by atoms with Crippen molar-refractivity contribution in [3.8, 4) is 0 Å². The quantitative estimate of drug-likeness (QED) is 0.412. The molecule has 0 bridgehead atoms. The number of hydrogen-bond acceptors (Lipinski definition) is 8. The Morgan fingerprint density at radius 3 is 2.43 bits per heavy atom. The zero-order valence-electron chi connectivity index (χ0n) is 26.9. The van der Waals surface area contributed by atoms with Gasteiger partial charge in [-0.2, -0.15) is 0 Å². The van der Waals surface area contributed by atoms with Crippen LogP contribution in [0.15, 0.2) is 52.8 Å². The topological polar surface area (TPSA) is 89.5 Å². The average Bonchev–Trinajstić information content (AvgIpc) is 3.69. The maximum atomic E-state index is 14.3. The summed E-state index contributed by atoms with van der Waals surface area (Å²) in [6, 6.07) is 14.4. The largest absolute Gasteiger partial charge is 0.455 e. The number of hydrogen-bond donors (Lipinski definition) is 2. The molecule has 2 N–H and O–H groups in total. The van der Waals surface area contributed by atoms with Crippen LogP contribution in [-0.2, 0) is 20.9 Å². The summed E-state index contributed by atoms with van der Waals surface area (Å²) in [5.41, 5.74) is 1.08. The first-order valence-corrected chi connectivity index (χ1v) is 17.2. The molecule has 1 aromatic carbocycles. The number of nitrogens with one attached hydrogen (secondary N) is 2. The second-order valence-electron chi connectivity index (χ2n) is 13.1. The lowest BCUT2D eigenvalue weighted by atomic mass is 9.88. The molecule has 3 aliphatic rings. The van der Waals surface area contributed by atoms with Crippen LogP contribution in [0.1, 0.15) is 70.4 Å². The molecule has 4 heterocycles. The first-order chi connectivity index (χ1) is 21.2. The second-order valence-corrected chi connectivity index (χ2v) is 14.1. The van der Waals surface area contributed by atoms with Gasteiger partial charge in [0.25, 0.3) is 6.02 Å². The van der Waals surface area contributed by atoms with Gasteiger partial charge in [0.05, 0.1) is 25.2 Å². The minimum atomic E-state index is -0.646. The number of carbonyl (C=O) groups excluding carboxylic acids is 2. The van der Waals surface area contributed by atoms with Gasteiger partial charge in [-0.05, 0) is 76.1 Å². The summed E-state index contributed by atoms with van der Waals surface area (Å²) < 4.78 is 6.39. The minimum Gasteiger partial charge on any atom is -0.455 e. The van der Waals surface area contributed by atoms with Gasteiger partial charge in [0.2, 0.25) is 11.8 Å². The van der Waals surface area contributed by atoms with Gasteiger partial charge in [-0.25, -0.2) is 4.99 Å². The zero-order chi connectivity index (χ0) is 31.2. The highest BCUT2D eigenvalue weighted by Gasteiger charge is 2.42. The molecule has 9 nitrogen and oxygen atoms in total. The smallest absolute Gasteiger partial charge is 0.288 e. The number of piperazine rings is 1. The summed E-state index contributed by atoms with van der Waals surface area (Å²) in [4.78, 5) is 40.5. The van der Waals surface area contributed by atoms with Crippen LogP contribution in [0.2, 0.25) is 0 Å². The second kappa shape index (κ2) is 14.9. The number of ether oxygens (including phenoxy) is 1. The highest BCUT2D eigenvalue weighted by Crippen LogP contribution is 2.31. The van der Waals surface area contributed by atoms with Gasteiger partial charge in [-0.3, -0.25) is 9.59 Å². The van der Waals surface area contributed by atoms with Crippen molar-refractivity contribution >= 4 is 29.2 Å². The van der Waals surface area contributed by atoms with Gasteiger partial charge in [0.1, 0.15) is 12.1 Å². The third-order valence-corrected chi connectivity index (χ3v) is 10.0. The Hall–Kier alpha value is -2.95. The van der Waals surface area contributed by atoms with Crippen LogP contribution < -0.4 is 10.6 Å². The number of amidine groups is 1. The number of amides is 2. The molecule has 2 saturated heterocycles. The fourth-order valence-electron chi connectivity index (χ4n) is 6.66. The molecule has 1 aromatic heterocycles. The van der Waals surface area contributed by atoms with E-state index < -0.39 is 6.04 Å². The molecule has 44 heavy (non-hydrogen) atoms. The third kappa shape index (κ3) is 8.00. The van der Waals surface area contributed by atoms with E-state index in [2.05, 4.69) is 62.3 Å². The first kappa shape index (κ1) is 32.4. The van der Waals surface area contributed by atoms with E-state index in [1.165, 1.54) is 0 Å². The summed E-state index contributed by atoms with van der Waals surface area (Å²) in [5.74, 6) is 0.359. The monoisotopic (exact) mass is 622 g/mol. The van der Waals surface area contributed by atoms with E-state index in [0.29, 0.717) is 44.2 Å². The normalized spacial score (nSPS) is 24.0. The fourth-order valence-corrected chi connectivity index (χ4v) is 7.31. The van der Waals surface area contributed by atoms with Crippen LogP contribution in [0.25, 0.3) is 0 Å². The molecule has 10 heteroatoms. The standard InChI is InChI=1S/C34H50N6O3S/c1-23(2)36-29(20-26-13-15-38(16-14-26)24(3)4)33(42)40-18-17-39(22-30(40)32(41)35-21-28-12-9-19-44-28)34-37-25(5)31(43-34)27-10-7-6-8-11-27/h6-12,19,23-26,29-31,36H,13-18,20-22H2,1-5H3,(H,35,41)/t25-,29?,30-,31+/m0/s1. The molecule has 0 saturated carbocycles. The minimum absolute atomic E-state index is 0.0192. The number of likely N-dealkylation sites (tertiary alicyclic amines) is 1. The van der Waals surface area contributed by atoms with Crippen molar-refractivity contribution in [2.75, 3.05) is 32.7 Å². The molecule has 5 rings (SSSR count). The van der Waals surface area contributed by atoms with Crippen LogP contribution in [0, 0.1) is 5.92 Å². The van der Waals surface area contributed by atoms with Gasteiger partial charge in [-0.1, -0.05) is 50.2 Å². The maximum absolute atomic E-state index is 14.3. The molecule has 1 unspecified atom stereocenters. The molecule has 0 radical (unpaired) electrons. The molecule has 240 valence electrons. The summed E-state index contributed by atoms with van der Waals surface area (Å²) in [5, 5.41) is 8.69. The Morgan fingerprint density at radius 2 is 1.77 bits per heavy atom. The van der Waals surface area contributed by atoms with Gasteiger partial charge in [-0.15, -0.1) is 11.3 Å². The number of benzene rings is 1.